The van der Waals surface area contributed by atoms with Crippen molar-refractivity contribution >= 4 is 5.91 Å². The molecule has 0 bridgehead atoms. The van der Waals surface area contributed by atoms with Gasteiger partial charge in [0.05, 0.1) is 6.26 Å². The van der Waals surface area contributed by atoms with Gasteiger partial charge in [0.1, 0.15) is 0 Å². The van der Waals surface area contributed by atoms with Crippen LogP contribution in [0, 0.1) is 6.92 Å². The molecule has 4 nitrogen and oxygen atoms in total. The molecule has 1 heterocycles. The molecule has 4 heteroatoms. The first-order chi connectivity index (χ1) is 8.11. The van der Waals surface area contributed by atoms with Crippen LogP contribution in [0.4, 0.5) is 0 Å². The lowest BCUT2D eigenvalue weighted by molar-refractivity contribution is 0.0639. The van der Waals surface area contributed by atoms with E-state index in [0.29, 0.717) is 5.76 Å². The van der Waals surface area contributed by atoms with Gasteiger partial charge in [0.25, 0.3) is 5.91 Å². The van der Waals surface area contributed by atoms with Crippen LogP contribution in [-0.2, 0) is 0 Å². The molecule has 17 heavy (non-hydrogen) atoms. The molecule has 1 aliphatic carbocycles. The normalized spacial score (nSPS) is 24.6. The zero-order valence-electron chi connectivity index (χ0n) is 10.5. The molecule has 2 atom stereocenters. The van der Waals surface area contributed by atoms with Crippen molar-refractivity contribution in [2.45, 2.75) is 44.7 Å². The molecule has 1 amide bonds. The molecule has 1 aromatic heterocycles. The molecule has 0 aromatic carbocycles. The highest BCUT2D eigenvalue weighted by atomic mass is 16.3. The van der Waals surface area contributed by atoms with Gasteiger partial charge in [-0.2, -0.15) is 0 Å². The van der Waals surface area contributed by atoms with Crippen molar-refractivity contribution in [1.82, 2.24) is 4.90 Å². The van der Waals surface area contributed by atoms with Crippen LogP contribution in [0.2, 0.25) is 0 Å². The number of carbonyl (C=O) groups is 1. The number of likely N-dealkylation sites (N-methyl/N-ethyl adjacent to an activating group) is 1. The number of nitrogens with two attached hydrogens (primary N) is 1. The summed E-state index contributed by atoms with van der Waals surface area (Å²) in [6, 6.07) is 2.04. The van der Waals surface area contributed by atoms with Crippen LogP contribution >= 0.6 is 0 Å². The van der Waals surface area contributed by atoms with Gasteiger partial charge in [0, 0.05) is 24.7 Å². The fourth-order valence-electron chi connectivity index (χ4n) is 2.52. The minimum Gasteiger partial charge on any atom is -0.459 e. The number of nitrogens with zero attached hydrogens (tertiary/aromatic N) is 1. The predicted octanol–water partition coefficient (Wildman–Crippen LogP) is 1.93. The van der Waals surface area contributed by atoms with Crippen LogP contribution in [0.3, 0.4) is 0 Å². The van der Waals surface area contributed by atoms with Crippen molar-refractivity contribution in [3.63, 3.8) is 0 Å². The Morgan fingerprint density at radius 3 is 2.76 bits per heavy atom. The van der Waals surface area contributed by atoms with E-state index in [0.717, 1.165) is 24.8 Å². The van der Waals surface area contributed by atoms with Crippen LogP contribution < -0.4 is 5.73 Å². The van der Waals surface area contributed by atoms with Crippen molar-refractivity contribution in [1.29, 1.82) is 0 Å². The minimum atomic E-state index is -0.0603. The first-order valence-corrected chi connectivity index (χ1v) is 6.18. The number of hydrogen-bond donors (Lipinski definition) is 1. The van der Waals surface area contributed by atoms with Crippen LogP contribution in [0.1, 0.15) is 41.8 Å². The first-order valence-electron chi connectivity index (χ1n) is 6.18. The summed E-state index contributed by atoms with van der Waals surface area (Å²) >= 11 is 0. The van der Waals surface area contributed by atoms with Gasteiger partial charge in [-0.15, -0.1) is 0 Å². The third-order valence-corrected chi connectivity index (χ3v) is 3.66. The van der Waals surface area contributed by atoms with Gasteiger partial charge in [0.15, 0.2) is 5.76 Å². The van der Waals surface area contributed by atoms with Crippen molar-refractivity contribution < 1.29 is 9.21 Å². The van der Waals surface area contributed by atoms with Gasteiger partial charge in [-0.25, -0.2) is 0 Å². The second-order valence-corrected chi connectivity index (χ2v) is 4.86. The van der Waals surface area contributed by atoms with Gasteiger partial charge < -0.3 is 15.1 Å². The van der Waals surface area contributed by atoms with E-state index < -0.39 is 0 Å². The van der Waals surface area contributed by atoms with Crippen LogP contribution in [-0.4, -0.2) is 29.9 Å². The molecular weight excluding hydrogens is 216 g/mol. The molecule has 1 saturated carbocycles. The lowest BCUT2D eigenvalue weighted by atomic mass is 9.90. The third kappa shape index (κ3) is 2.36. The van der Waals surface area contributed by atoms with Gasteiger partial charge in [-0.1, -0.05) is 12.8 Å². The van der Waals surface area contributed by atoms with E-state index in [4.69, 9.17) is 10.2 Å². The molecule has 94 valence electrons. The summed E-state index contributed by atoms with van der Waals surface area (Å²) < 4.78 is 5.24. The molecular formula is C13H20N2O2. The third-order valence-electron chi connectivity index (χ3n) is 3.66. The van der Waals surface area contributed by atoms with Crippen LogP contribution in [0.5, 0.6) is 0 Å². The van der Waals surface area contributed by atoms with E-state index in [2.05, 4.69) is 0 Å². The van der Waals surface area contributed by atoms with Crippen molar-refractivity contribution in [2.24, 2.45) is 5.73 Å². The average Bonchev–Trinajstić information content (AvgIpc) is 2.74. The standard InChI is InChI=1S/C13H20N2O2/c1-9-7-8-17-12(9)13(16)15(2)11-6-4-3-5-10(11)14/h7-8,10-11H,3-6,14H2,1-2H3. The highest BCUT2D eigenvalue weighted by Gasteiger charge is 2.30. The highest BCUT2D eigenvalue weighted by molar-refractivity contribution is 5.92. The zero-order chi connectivity index (χ0) is 12.4. The summed E-state index contributed by atoms with van der Waals surface area (Å²) in [4.78, 5) is 14.0. The lowest BCUT2D eigenvalue weighted by Crippen LogP contribution is -2.50. The summed E-state index contributed by atoms with van der Waals surface area (Å²) in [5.41, 5.74) is 6.97. The Morgan fingerprint density at radius 1 is 1.47 bits per heavy atom. The van der Waals surface area contributed by atoms with E-state index in [-0.39, 0.29) is 18.0 Å². The summed E-state index contributed by atoms with van der Waals surface area (Å²) in [6.45, 7) is 1.88. The first kappa shape index (κ1) is 12.2. The Kier molecular flexibility index (Phi) is 3.52. The molecule has 2 rings (SSSR count). The van der Waals surface area contributed by atoms with Crippen molar-refractivity contribution in [3.05, 3.63) is 23.7 Å². The van der Waals surface area contributed by atoms with E-state index in [1.54, 1.807) is 11.2 Å². The number of furan rings is 1. The maximum Gasteiger partial charge on any atom is 0.289 e. The molecule has 0 aliphatic heterocycles. The molecule has 0 spiro atoms. The maximum atomic E-state index is 12.2. The van der Waals surface area contributed by atoms with Gasteiger partial charge in [-0.3, -0.25) is 4.79 Å². The predicted molar refractivity (Wildman–Crippen MR) is 65.8 cm³/mol. The Bertz CT molecular complexity index is 400. The molecule has 2 N–H and O–H groups in total. The number of hydrogen-bond acceptors (Lipinski definition) is 3. The topological polar surface area (TPSA) is 59.5 Å². The SMILES string of the molecule is Cc1ccoc1C(=O)N(C)C1CCCCC1N. The number of amides is 1. The molecule has 1 aromatic rings. The Labute approximate surface area is 102 Å². The summed E-state index contributed by atoms with van der Waals surface area (Å²) in [7, 11) is 1.82. The van der Waals surface area contributed by atoms with E-state index >= 15 is 0 Å². The summed E-state index contributed by atoms with van der Waals surface area (Å²) in [5, 5.41) is 0. The Hall–Kier alpha value is -1.29. The molecule has 2 unspecified atom stereocenters. The average molecular weight is 236 g/mol. The van der Waals surface area contributed by atoms with E-state index in [1.807, 2.05) is 20.0 Å². The minimum absolute atomic E-state index is 0.0603. The second kappa shape index (κ2) is 4.92. The summed E-state index contributed by atoms with van der Waals surface area (Å²) in [5.74, 6) is 0.375. The smallest absolute Gasteiger partial charge is 0.289 e. The lowest BCUT2D eigenvalue weighted by Gasteiger charge is -2.35. The monoisotopic (exact) mass is 236 g/mol. The fraction of sp³-hybridized carbons (Fsp3) is 0.615. The maximum absolute atomic E-state index is 12.2. The number of carbonyl (C=O) groups excluding carboxylic acids is 1. The molecule has 1 fully saturated rings. The molecule has 1 aliphatic rings. The van der Waals surface area contributed by atoms with Gasteiger partial charge >= 0.3 is 0 Å². The fourth-order valence-corrected chi connectivity index (χ4v) is 2.52. The molecule has 0 radical (unpaired) electrons. The van der Waals surface area contributed by atoms with Gasteiger partial charge in [-0.05, 0) is 25.8 Å². The Morgan fingerprint density at radius 2 is 2.18 bits per heavy atom. The van der Waals surface area contributed by atoms with Gasteiger partial charge in [0.2, 0.25) is 0 Å². The van der Waals surface area contributed by atoms with Crippen LogP contribution in [0.25, 0.3) is 0 Å². The largest absolute Gasteiger partial charge is 0.459 e. The van der Waals surface area contributed by atoms with Crippen LogP contribution in [0.15, 0.2) is 16.7 Å². The zero-order valence-corrected chi connectivity index (χ0v) is 10.5. The van der Waals surface area contributed by atoms with Crippen molar-refractivity contribution in [3.8, 4) is 0 Å². The second-order valence-electron chi connectivity index (χ2n) is 4.86. The van der Waals surface area contributed by atoms with E-state index in [9.17, 15) is 4.79 Å². The summed E-state index contributed by atoms with van der Waals surface area (Å²) in [6.07, 6.45) is 5.85. The highest BCUT2D eigenvalue weighted by Crippen LogP contribution is 2.23. The molecule has 0 saturated heterocycles. The number of aryl methyl sites for hydroxylation is 1. The van der Waals surface area contributed by atoms with Crippen molar-refractivity contribution in [2.75, 3.05) is 7.05 Å². The van der Waals surface area contributed by atoms with E-state index in [1.165, 1.54) is 6.42 Å². The number of rotatable bonds is 2. The quantitative estimate of drug-likeness (QED) is 0.853. The Balaban J connectivity index is 2.11.